The number of esters is 1. The van der Waals surface area contributed by atoms with E-state index in [1.807, 2.05) is 30.3 Å². The van der Waals surface area contributed by atoms with Crippen LogP contribution in [0.4, 0.5) is 4.79 Å². The van der Waals surface area contributed by atoms with E-state index in [0.717, 1.165) is 5.56 Å². The number of carbonyl (C=O) groups excluding carboxylic acids is 4. The minimum Gasteiger partial charge on any atom is -0.496 e. The van der Waals surface area contributed by atoms with Gasteiger partial charge in [0.25, 0.3) is 0 Å². The van der Waals surface area contributed by atoms with Gasteiger partial charge in [0, 0.05) is 17.5 Å². The summed E-state index contributed by atoms with van der Waals surface area (Å²) >= 11 is 0. The molecule has 0 fully saturated rings. The molecule has 0 aliphatic carbocycles. The van der Waals surface area contributed by atoms with Gasteiger partial charge in [0.05, 0.1) is 27.9 Å². The second-order valence-corrected chi connectivity index (χ2v) is 10.7. The summed E-state index contributed by atoms with van der Waals surface area (Å²) < 4.78 is 27.9. The smallest absolute Gasteiger partial charge is 0.407 e. The summed E-state index contributed by atoms with van der Waals surface area (Å²) in [6, 6.07) is 15.2. The van der Waals surface area contributed by atoms with Crippen LogP contribution in [0.5, 0.6) is 17.2 Å². The first kappa shape index (κ1) is 34.6. The fourth-order valence-electron chi connectivity index (χ4n) is 5.18. The number of hydrogen-bond acceptors (Lipinski definition) is 10. The van der Waals surface area contributed by atoms with Gasteiger partial charge in [-0.05, 0) is 54.9 Å². The van der Waals surface area contributed by atoms with Crippen molar-refractivity contribution in [3.63, 3.8) is 0 Å². The zero-order chi connectivity index (χ0) is 33.9. The molecule has 0 radical (unpaired) electrons. The van der Waals surface area contributed by atoms with Crippen LogP contribution < -0.4 is 35.5 Å². The van der Waals surface area contributed by atoms with Crippen LogP contribution in [0.2, 0.25) is 0 Å². The van der Waals surface area contributed by atoms with Crippen molar-refractivity contribution in [3.05, 3.63) is 77.4 Å². The van der Waals surface area contributed by atoms with E-state index in [1.165, 1.54) is 28.3 Å². The van der Waals surface area contributed by atoms with Crippen LogP contribution in [0.15, 0.2) is 60.7 Å². The summed E-state index contributed by atoms with van der Waals surface area (Å²) in [4.78, 5) is 51.5. The number of benzene rings is 3. The monoisotopic (exact) mass is 648 g/mol. The average molecular weight is 649 g/mol. The molecule has 13 heteroatoms. The van der Waals surface area contributed by atoms with Gasteiger partial charge in [0.2, 0.25) is 11.8 Å². The number of likely N-dealkylation sites (N-methyl/N-ethyl adjacent to an activating group) is 1. The predicted molar refractivity (Wildman–Crippen MR) is 172 cm³/mol. The van der Waals surface area contributed by atoms with Crippen molar-refractivity contribution in [2.45, 2.75) is 38.1 Å². The lowest BCUT2D eigenvalue weighted by molar-refractivity contribution is -0.145. The SMILES string of the molecule is CN[C@@H]1C(=O)N[C@H](C)C(=O)N[C@H](C(=O)OC)Cc2cc(OCCNC(=O)OCc3ccccc3)c(OC)c(c2)-c2cc1ccc2OC. The first-order valence-electron chi connectivity index (χ1n) is 15.0. The van der Waals surface area contributed by atoms with Gasteiger partial charge in [0.1, 0.15) is 37.1 Å². The van der Waals surface area contributed by atoms with E-state index in [0.29, 0.717) is 39.5 Å². The van der Waals surface area contributed by atoms with Crippen LogP contribution in [0, 0.1) is 0 Å². The molecule has 3 aromatic rings. The number of methoxy groups -OCH3 is 3. The Morgan fingerprint density at radius 1 is 0.894 bits per heavy atom. The number of ether oxygens (including phenoxy) is 5. The molecule has 47 heavy (non-hydrogen) atoms. The van der Waals surface area contributed by atoms with Gasteiger partial charge in [-0.1, -0.05) is 36.4 Å². The van der Waals surface area contributed by atoms with Gasteiger partial charge in [-0.15, -0.1) is 0 Å². The van der Waals surface area contributed by atoms with Crippen molar-refractivity contribution in [1.29, 1.82) is 0 Å². The van der Waals surface area contributed by atoms with Crippen LogP contribution in [0.1, 0.15) is 29.7 Å². The summed E-state index contributed by atoms with van der Waals surface area (Å²) in [6.07, 6.45) is -0.576. The first-order chi connectivity index (χ1) is 22.7. The molecule has 1 aliphatic heterocycles. The summed E-state index contributed by atoms with van der Waals surface area (Å²) in [5, 5.41) is 11.1. The van der Waals surface area contributed by atoms with Crippen molar-refractivity contribution in [1.82, 2.24) is 21.3 Å². The minimum atomic E-state index is -1.08. The zero-order valence-electron chi connectivity index (χ0n) is 27.0. The third-order valence-corrected chi connectivity index (χ3v) is 7.55. The number of amides is 3. The fourth-order valence-corrected chi connectivity index (χ4v) is 5.18. The highest BCUT2D eigenvalue weighted by Crippen LogP contribution is 2.44. The maximum atomic E-state index is 13.3. The zero-order valence-corrected chi connectivity index (χ0v) is 27.0. The van der Waals surface area contributed by atoms with Crippen molar-refractivity contribution < 1.29 is 42.9 Å². The van der Waals surface area contributed by atoms with E-state index in [1.54, 1.807) is 37.4 Å². The Bertz CT molecular complexity index is 1580. The van der Waals surface area contributed by atoms with E-state index in [-0.39, 0.29) is 26.2 Å². The van der Waals surface area contributed by atoms with Crippen LogP contribution >= 0.6 is 0 Å². The molecule has 1 heterocycles. The Labute approximate surface area is 273 Å². The summed E-state index contributed by atoms with van der Waals surface area (Å²) in [7, 11) is 5.88. The number of nitrogens with one attached hydrogen (secondary N) is 4. The molecule has 3 atom stereocenters. The number of hydrogen-bond donors (Lipinski definition) is 4. The van der Waals surface area contributed by atoms with Gasteiger partial charge >= 0.3 is 12.1 Å². The highest BCUT2D eigenvalue weighted by atomic mass is 16.6. The Hall–Kier alpha value is -5.30. The molecular weight excluding hydrogens is 608 g/mol. The van der Waals surface area contributed by atoms with Crippen molar-refractivity contribution in [2.75, 3.05) is 41.5 Å². The highest BCUT2D eigenvalue weighted by Gasteiger charge is 2.30. The van der Waals surface area contributed by atoms with Crippen LogP contribution in [0.3, 0.4) is 0 Å². The van der Waals surface area contributed by atoms with Crippen molar-refractivity contribution >= 4 is 23.9 Å². The van der Waals surface area contributed by atoms with Gasteiger partial charge in [-0.2, -0.15) is 0 Å². The molecule has 0 unspecified atom stereocenters. The Balaban J connectivity index is 1.71. The maximum Gasteiger partial charge on any atom is 0.407 e. The van der Waals surface area contributed by atoms with Crippen molar-refractivity contribution in [3.8, 4) is 28.4 Å². The molecule has 0 spiro atoms. The molecule has 4 rings (SSSR count). The topological polar surface area (TPSA) is 163 Å². The minimum absolute atomic E-state index is 0.0254. The van der Waals surface area contributed by atoms with Gasteiger partial charge in [-0.25, -0.2) is 9.59 Å². The third kappa shape index (κ3) is 8.70. The molecule has 3 aromatic carbocycles. The highest BCUT2D eigenvalue weighted by molar-refractivity contribution is 5.93. The normalized spacial score (nSPS) is 17.7. The molecule has 3 amide bonds. The molecular formula is C34H40N4O9. The molecule has 13 nitrogen and oxygen atoms in total. The molecule has 0 saturated heterocycles. The van der Waals surface area contributed by atoms with Crippen LogP contribution in [-0.4, -0.2) is 77.5 Å². The Morgan fingerprint density at radius 2 is 1.66 bits per heavy atom. The average Bonchev–Trinajstić information content (AvgIpc) is 3.08. The fraction of sp³-hybridized carbons (Fsp3) is 0.353. The van der Waals surface area contributed by atoms with Crippen molar-refractivity contribution in [2.24, 2.45) is 0 Å². The van der Waals surface area contributed by atoms with Gasteiger partial charge in [-0.3, -0.25) is 9.59 Å². The quantitative estimate of drug-likeness (QED) is 0.190. The molecule has 4 bridgehead atoms. The van der Waals surface area contributed by atoms with Crippen LogP contribution in [0.25, 0.3) is 11.1 Å². The van der Waals surface area contributed by atoms with Crippen LogP contribution in [-0.2, 0) is 36.9 Å². The maximum absolute atomic E-state index is 13.3. The lowest BCUT2D eigenvalue weighted by Gasteiger charge is -2.25. The summed E-state index contributed by atoms with van der Waals surface area (Å²) in [6.45, 7) is 1.82. The number of alkyl carbamates (subject to hydrolysis) is 1. The summed E-state index contributed by atoms with van der Waals surface area (Å²) in [5.41, 5.74) is 3.20. The predicted octanol–water partition coefficient (Wildman–Crippen LogP) is 2.66. The second-order valence-electron chi connectivity index (χ2n) is 10.7. The van der Waals surface area contributed by atoms with E-state index in [4.69, 9.17) is 23.7 Å². The first-order valence-corrected chi connectivity index (χ1v) is 15.0. The van der Waals surface area contributed by atoms with E-state index >= 15 is 0 Å². The molecule has 4 N–H and O–H groups in total. The number of rotatable bonds is 10. The Kier molecular flexibility index (Phi) is 12.0. The Morgan fingerprint density at radius 3 is 2.34 bits per heavy atom. The van der Waals surface area contributed by atoms with E-state index in [2.05, 4.69) is 21.3 Å². The molecule has 1 aliphatic rings. The molecule has 0 aromatic heterocycles. The second kappa shape index (κ2) is 16.3. The third-order valence-electron chi connectivity index (χ3n) is 7.55. The lowest BCUT2D eigenvalue weighted by Crippen LogP contribution is -2.52. The lowest BCUT2D eigenvalue weighted by atomic mass is 9.93. The van der Waals surface area contributed by atoms with Gasteiger partial charge < -0.3 is 45.0 Å². The molecule has 250 valence electrons. The number of carbonyl (C=O) groups is 4. The van der Waals surface area contributed by atoms with Gasteiger partial charge in [0.15, 0.2) is 11.5 Å². The largest absolute Gasteiger partial charge is 0.496 e. The molecule has 0 saturated carbocycles. The van der Waals surface area contributed by atoms with E-state index in [9.17, 15) is 19.2 Å². The standard InChI is InChI=1S/C34H40N4O9/c1-20-31(39)38-26(33(41)45-5)16-22-15-25(24-18-23(11-12-27(24)43-3)29(35-2)32(40)37-20)30(44-4)28(17-22)46-14-13-36-34(42)47-19-21-9-7-6-8-10-21/h6-12,15,17-18,20,26,29,35H,13-14,16,19H2,1-5H3,(H,36,42)(H,37,40)(H,38,39)/t20-,26+,29+/m1/s1. The summed E-state index contributed by atoms with van der Waals surface area (Å²) in [5.74, 6) is -0.531. The number of fused-ring (bicyclic) bond motifs is 5. The van der Waals surface area contributed by atoms with E-state index < -0.39 is 42.0 Å².